The molecule has 3 fully saturated rings. The number of hydrogen-bond acceptors (Lipinski definition) is 12. The standard InChI is InChI=1S/C42H64O12/c1-8-9-10-11-12-13-37(45)53-40-29(21-38(46)49-7)20-35-25-36(28(4)43)52-39(47)23-30(44)22-32-17-27(3)19-34(51-32)24-33-18-26(2)16-31(50-33)14-15-41(5,6)42(40,48)54-35/h14-15,21,28,30-36,40,43-44,48H,2-3,8-13,16-20,22-25H2,1,4-7H3/b15-14-,29-21+/t28-,30-,31+,32+,33+,34-,35+,36-,40+,42-/m1/s1. The molecule has 12 heteroatoms. The molecule has 0 aromatic rings. The molecule has 3 saturated heterocycles. The van der Waals surface area contributed by atoms with E-state index >= 15 is 0 Å². The van der Waals surface area contributed by atoms with Gasteiger partial charge >= 0.3 is 17.9 Å². The van der Waals surface area contributed by atoms with Crippen LogP contribution in [0.3, 0.4) is 0 Å². The zero-order valence-electron chi connectivity index (χ0n) is 33.0. The highest BCUT2D eigenvalue weighted by Crippen LogP contribution is 2.47. The number of aliphatic hydroxyl groups excluding tert-OH is 2. The Balaban J connectivity index is 1.73. The Kier molecular flexibility index (Phi) is 16.1. The van der Waals surface area contributed by atoms with Crippen LogP contribution in [0.5, 0.6) is 0 Å². The molecule has 0 aliphatic carbocycles. The Labute approximate surface area is 320 Å². The number of fused-ring (bicyclic) bond motifs is 6. The van der Waals surface area contributed by atoms with Crippen LogP contribution in [0.2, 0.25) is 0 Å². The van der Waals surface area contributed by atoms with E-state index in [1.54, 1.807) is 19.9 Å². The molecule has 54 heavy (non-hydrogen) atoms. The van der Waals surface area contributed by atoms with Gasteiger partial charge in [0.2, 0.25) is 5.79 Å². The minimum atomic E-state index is -2.25. The molecule has 6 bridgehead atoms. The van der Waals surface area contributed by atoms with Crippen molar-refractivity contribution in [1.82, 2.24) is 0 Å². The zero-order valence-corrected chi connectivity index (χ0v) is 33.0. The van der Waals surface area contributed by atoms with E-state index in [1.807, 2.05) is 6.08 Å². The quantitative estimate of drug-likeness (QED) is 0.0845. The fourth-order valence-corrected chi connectivity index (χ4v) is 7.98. The van der Waals surface area contributed by atoms with Gasteiger partial charge in [0.05, 0.1) is 56.3 Å². The molecule has 0 aromatic heterocycles. The normalized spacial score (nSPS) is 35.7. The lowest BCUT2D eigenvalue weighted by molar-refractivity contribution is -0.327. The van der Waals surface area contributed by atoms with Gasteiger partial charge in [0, 0.05) is 37.2 Å². The predicted octanol–water partition coefficient (Wildman–Crippen LogP) is 5.85. The highest BCUT2D eigenvalue weighted by molar-refractivity contribution is 5.83. The fourth-order valence-electron chi connectivity index (χ4n) is 7.98. The van der Waals surface area contributed by atoms with Crippen molar-refractivity contribution in [3.63, 3.8) is 0 Å². The molecule has 0 amide bonds. The van der Waals surface area contributed by atoms with Gasteiger partial charge in [-0.3, -0.25) is 9.59 Å². The minimum Gasteiger partial charge on any atom is -0.466 e. The molecule has 3 N–H and O–H groups in total. The third-order valence-corrected chi connectivity index (χ3v) is 11.0. The maximum Gasteiger partial charge on any atom is 0.330 e. The SMILES string of the molecule is C=C1C[C@@H]2C[C@@H]3CC(=C)C[C@H](/C=C\C(C)(C)[C@]4(O)O[C@@H](C/C(=C\C(=O)OC)[C@@H]4OC(=O)CCCCCCC)C[C@H]([C@@H](C)O)OC(=O)C[C@H](O)C[C@H](C1)O2)O3. The Morgan fingerprint density at radius 1 is 0.944 bits per heavy atom. The summed E-state index contributed by atoms with van der Waals surface area (Å²) in [5, 5.41) is 34.5. The van der Waals surface area contributed by atoms with Crippen LogP contribution < -0.4 is 0 Å². The monoisotopic (exact) mass is 760 g/mol. The first-order chi connectivity index (χ1) is 25.5. The largest absolute Gasteiger partial charge is 0.466 e. The highest BCUT2D eigenvalue weighted by atomic mass is 16.7. The van der Waals surface area contributed by atoms with Crippen LogP contribution in [0.25, 0.3) is 0 Å². The summed E-state index contributed by atoms with van der Waals surface area (Å²) >= 11 is 0. The summed E-state index contributed by atoms with van der Waals surface area (Å²) in [7, 11) is 1.23. The van der Waals surface area contributed by atoms with Crippen molar-refractivity contribution in [2.24, 2.45) is 5.41 Å². The van der Waals surface area contributed by atoms with Gasteiger partial charge in [-0.25, -0.2) is 4.79 Å². The summed E-state index contributed by atoms with van der Waals surface area (Å²) < 4.78 is 36.2. The van der Waals surface area contributed by atoms with E-state index in [9.17, 15) is 29.7 Å². The topological polar surface area (TPSA) is 167 Å². The first-order valence-corrected chi connectivity index (χ1v) is 19.8. The van der Waals surface area contributed by atoms with Crippen LogP contribution in [0.15, 0.2) is 48.1 Å². The van der Waals surface area contributed by atoms with Crippen molar-refractivity contribution in [1.29, 1.82) is 0 Å². The fraction of sp³-hybridized carbons (Fsp3) is 0.738. The number of rotatable bonds is 9. The van der Waals surface area contributed by atoms with Crippen LogP contribution in [-0.4, -0.2) is 101 Å². The van der Waals surface area contributed by atoms with E-state index in [0.717, 1.165) is 36.8 Å². The molecule has 0 spiro atoms. The number of methoxy groups -OCH3 is 1. The lowest BCUT2D eigenvalue weighted by Gasteiger charge is -2.51. The van der Waals surface area contributed by atoms with Crippen molar-refractivity contribution in [3.05, 3.63) is 48.1 Å². The Morgan fingerprint density at radius 2 is 1.59 bits per heavy atom. The second-order valence-corrected chi connectivity index (χ2v) is 16.3. The van der Waals surface area contributed by atoms with Gasteiger partial charge in [-0.1, -0.05) is 82.9 Å². The molecule has 0 saturated carbocycles. The Morgan fingerprint density at radius 3 is 2.26 bits per heavy atom. The van der Waals surface area contributed by atoms with Crippen LogP contribution >= 0.6 is 0 Å². The summed E-state index contributed by atoms with van der Waals surface area (Å²) in [5.74, 6) is -4.23. The molecule has 4 aliphatic heterocycles. The molecule has 10 atom stereocenters. The van der Waals surface area contributed by atoms with E-state index in [2.05, 4.69) is 20.1 Å². The number of esters is 3. The Hall–Kier alpha value is -2.87. The van der Waals surface area contributed by atoms with Gasteiger partial charge in [0.25, 0.3) is 0 Å². The molecular formula is C42H64O12. The first kappa shape index (κ1) is 43.9. The smallest absolute Gasteiger partial charge is 0.330 e. The molecule has 304 valence electrons. The second kappa shape index (κ2) is 19.8. The summed E-state index contributed by atoms with van der Waals surface area (Å²) in [5.41, 5.74) is 0.989. The number of aliphatic hydroxyl groups is 3. The number of cyclic esters (lactones) is 1. The van der Waals surface area contributed by atoms with Crippen molar-refractivity contribution in [2.75, 3.05) is 7.11 Å². The third kappa shape index (κ3) is 12.3. The number of carbonyl (C=O) groups is 3. The lowest BCUT2D eigenvalue weighted by Crippen LogP contribution is -2.62. The molecule has 0 radical (unpaired) electrons. The number of unbranched alkanes of at least 4 members (excludes halogenated alkanes) is 4. The van der Waals surface area contributed by atoms with E-state index in [1.165, 1.54) is 20.1 Å². The lowest BCUT2D eigenvalue weighted by atomic mass is 9.74. The average Bonchev–Trinajstić information content (AvgIpc) is 3.07. The van der Waals surface area contributed by atoms with Crippen LogP contribution in [0.4, 0.5) is 0 Å². The number of hydrogen-bond donors (Lipinski definition) is 3. The molecule has 4 heterocycles. The second-order valence-electron chi connectivity index (χ2n) is 16.3. The van der Waals surface area contributed by atoms with Gasteiger partial charge in [0.1, 0.15) is 6.10 Å². The van der Waals surface area contributed by atoms with Crippen molar-refractivity contribution < 1.29 is 58.1 Å². The van der Waals surface area contributed by atoms with Gasteiger partial charge in [0.15, 0.2) is 6.10 Å². The maximum absolute atomic E-state index is 13.4. The predicted molar refractivity (Wildman–Crippen MR) is 201 cm³/mol. The molecular weight excluding hydrogens is 696 g/mol. The van der Waals surface area contributed by atoms with E-state index in [-0.39, 0.29) is 62.1 Å². The van der Waals surface area contributed by atoms with Crippen molar-refractivity contribution in [3.8, 4) is 0 Å². The minimum absolute atomic E-state index is 0.00758. The average molecular weight is 761 g/mol. The zero-order chi connectivity index (χ0) is 39.6. The summed E-state index contributed by atoms with van der Waals surface area (Å²) in [6.07, 6.45) is 5.51. The first-order valence-electron chi connectivity index (χ1n) is 19.8. The van der Waals surface area contributed by atoms with E-state index in [0.29, 0.717) is 38.5 Å². The number of carbonyl (C=O) groups excluding carboxylic acids is 3. The molecule has 12 nitrogen and oxygen atoms in total. The molecule has 4 rings (SSSR count). The van der Waals surface area contributed by atoms with Gasteiger partial charge in [-0.15, -0.1) is 0 Å². The third-order valence-electron chi connectivity index (χ3n) is 11.0. The maximum atomic E-state index is 13.4. The van der Waals surface area contributed by atoms with Crippen LogP contribution in [0, 0.1) is 5.41 Å². The van der Waals surface area contributed by atoms with Gasteiger partial charge < -0.3 is 43.7 Å². The van der Waals surface area contributed by atoms with Gasteiger partial charge in [-0.2, -0.15) is 0 Å². The summed E-state index contributed by atoms with van der Waals surface area (Å²) in [6, 6.07) is 0. The summed E-state index contributed by atoms with van der Waals surface area (Å²) in [6.45, 7) is 15.6. The highest BCUT2D eigenvalue weighted by Gasteiger charge is 2.57. The van der Waals surface area contributed by atoms with Crippen molar-refractivity contribution >= 4 is 17.9 Å². The molecule has 4 aliphatic rings. The van der Waals surface area contributed by atoms with Crippen LogP contribution in [0.1, 0.15) is 124 Å². The Bertz CT molecular complexity index is 1380. The molecule has 0 unspecified atom stereocenters. The number of ether oxygens (including phenoxy) is 6. The van der Waals surface area contributed by atoms with Crippen molar-refractivity contribution in [2.45, 2.75) is 185 Å². The molecule has 0 aromatic carbocycles. The summed E-state index contributed by atoms with van der Waals surface area (Å²) in [4.78, 5) is 39.3. The van der Waals surface area contributed by atoms with Gasteiger partial charge in [-0.05, 0) is 51.0 Å². The van der Waals surface area contributed by atoms with E-state index in [4.69, 9.17) is 28.4 Å². The van der Waals surface area contributed by atoms with E-state index < -0.39 is 59.6 Å². The van der Waals surface area contributed by atoms with Crippen LogP contribution in [-0.2, 0) is 42.8 Å².